The summed E-state index contributed by atoms with van der Waals surface area (Å²) in [6.45, 7) is 0. The van der Waals surface area contributed by atoms with E-state index in [0.29, 0.717) is 29.5 Å². The molecule has 3 N–H and O–H groups in total. The summed E-state index contributed by atoms with van der Waals surface area (Å²) in [5, 5.41) is 3.61. The number of carbonyl (C=O) groups excluding carboxylic acids is 2. The van der Waals surface area contributed by atoms with Gasteiger partial charge < -0.3 is 15.6 Å². The second kappa shape index (κ2) is 8.54. The average Bonchev–Trinajstić information content (AvgIpc) is 2.77. The van der Waals surface area contributed by atoms with Gasteiger partial charge in [-0.1, -0.05) is 43.0 Å². The second-order valence-electron chi connectivity index (χ2n) is 10.7. The maximum absolute atomic E-state index is 14.0. The van der Waals surface area contributed by atoms with E-state index in [9.17, 15) is 18.4 Å². The topological polar surface area (TPSA) is 116 Å². The van der Waals surface area contributed by atoms with Gasteiger partial charge >= 0.3 is 0 Å². The highest BCUT2D eigenvalue weighted by Crippen LogP contribution is 2.60. The number of nitrogens with zero attached hydrogens (tertiary/aromatic N) is 1. The first-order chi connectivity index (χ1) is 15.8. The van der Waals surface area contributed by atoms with Crippen molar-refractivity contribution in [3.8, 4) is 0 Å². The summed E-state index contributed by atoms with van der Waals surface area (Å²) in [5.74, 6) is 0.458. The minimum atomic E-state index is -2.67. The van der Waals surface area contributed by atoms with Crippen LogP contribution in [0.15, 0.2) is 24.3 Å². The molecule has 33 heavy (non-hydrogen) atoms. The molecule has 0 aromatic heterocycles. The first kappa shape index (κ1) is 23.1. The number of rotatable bonds is 6. The van der Waals surface area contributed by atoms with Crippen LogP contribution in [-0.4, -0.2) is 32.2 Å². The van der Waals surface area contributed by atoms with Crippen molar-refractivity contribution >= 4 is 40.4 Å². The van der Waals surface area contributed by atoms with E-state index < -0.39 is 22.2 Å². The van der Waals surface area contributed by atoms with Gasteiger partial charge in [0.05, 0.1) is 10.7 Å². The molecular weight excluding hydrogens is 462 g/mol. The van der Waals surface area contributed by atoms with Crippen molar-refractivity contribution in [2.45, 2.75) is 75.8 Å². The van der Waals surface area contributed by atoms with Gasteiger partial charge in [-0.15, -0.1) is 0 Å². The van der Waals surface area contributed by atoms with Gasteiger partial charge in [0.1, 0.15) is 5.54 Å². The van der Waals surface area contributed by atoms with Crippen molar-refractivity contribution in [1.29, 1.82) is 0 Å². The maximum Gasteiger partial charge on any atom is 0.247 e. The van der Waals surface area contributed by atoms with E-state index in [0.717, 1.165) is 51.4 Å². The smallest absolute Gasteiger partial charge is 0.247 e. The van der Waals surface area contributed by atoms with Crippen LogP contribution in [0.4, 0.5) is 5.69 Å². The molecule has 0 radical (unpaired) electrons. The normalized spacial score (nSPS) is 35.1. The molecule has 1 aromatic rings. The van der Waals surface area contributed by atoms with E-state index in [2.05, 4.69) is 5.32 Å². The molecule has 6 rings (SSSR count). The minimum Gasteiger partial charge on any atom is -0.755 e. The number of halogens is 1. The van der Waals surface area contributed by atoms with Gasteiger partial charge in [0.2, 0.25) is 11.8 Å². The average molecular weight is 493 g/mol. The highest BCUT2D eigenvalue weighted by Gasteiger charge is 2.59. The quantitative estimate of drug-likeness (QED) is 0.591. The van der Waals surface area contributed by atoms with Crippen molar-refractivity contribution in [2.24, 2.45) is 28.9 Å². The number of hydrogen-bond acceptors (Lipinski definition) is 4. The lowest BCUT2D eigenvalue weighted by atomic mass is 9.47. The number of carbonyl (C=O) groups is 2. The number of amides is 2. The van der Waals surface area contributed by atoms with Crippen molar-refractivity contribution in [3.05, 3.63) is 29.3 Å². The lowest BCUT2D eigenvalue weighted by Crippen LogP contribution is -2.67. The van der Waals surface area contributed by atoms with Crippen molar-refractivity contribution in [2.75, 3.05) is 4.31 Å². The fourth-order valence-corrected chi connectivity index (χ4v) is 8.72. The number of hydrogen-bond donors (Lipinski definition) is 2. The van der Waals surface area contributed by atoms with Crippen molar-refractivity contribution in [1.82, 2.24) is 5.32 Å². The van der Waals surface area contributed by atoms with Crippen LogP contribution in [0.1, 0.15) is 64.2 Å². The third-order valence-electron chi connectivity index (χ3n) is 8.81. The van der Waals surface area contributed by atoms with Crippen LogP contribution in [0.25, 0.3) is 0 Å². The van der Waals surface area contributed by atoms with Gasteiger partial charge in [-0.2, -0.15) is 0 Å². The maximum atomic E-state index is 14.0. The van der Waals surface area contributed by atoms with Crippen LogP contribution in [-0.2, 0) is 20.9 Å². The summed E-state index contributed by atoms with van der Waals surface area (Å²) in [6.07, 6.45) is 7.71. The zero-order valence-electron chi connectivity index (χ0n) is 18.6. The lowest BCUT2D eigenvalue weighted by molar-refractivity contribution is -0.148. The SMILES string of the molecule is NC(=O)C12CC3CC(C1)C(NC(=O)C1(N(c4ccccc4Cl)S(=O)[O-])CCCCC1)C(C3)C2. The summed E-state index contributed by atoms with van der Waals surface area (Å²) in [4.78, 5) is 26.3. The summed E-state index contributed by atoms with van der Waals surface area (Å²) in [7, 11) is 0. The summed E-state index contributed by atoms with van der Waals surface area (Å²) >= 11 is 3.73. The molecule has 9 heteroatoms. The Morgan fingerprint density at radius 2 is 1.73 bits per heavy atom. The van der Waals surface area contributed by atoms with Crippen LogP contribution < -0.4 is 15.4 Å². The number of primary amides is 1. The molecule has 5 fully saturated rings. The summed E-state index contributed by atoms with van der Waals surface area (Å²) in [6, 6.07) is 6.73. The molecule has 0 aliphatic heterocycles. The van der Waals surface area contributed by atoms with Gasteiger partial charge in [0.25, 0.3) is 0 Å². The Morgan fingerprint density at radius 1 is 1.09 bits per heavy atom. The van der Waals surface area contributed by atoms with E-state index in [1.54, 1.807) is 24.3 Å². The van der Waals surface area contributed by atoms with Gasteiger partial charge in [0, 0.05) is 22.7 Å². The van der Waals surface area contributed by atoms with Crippen molar-refractivity contribution < 1.29 is 18.4 Å². The Hall–Kier alpha value is -1.64. The third-order valence-corrected chi connectivity index (χ3v) is 9.97. The fourth-order valence-electron chi connectivity index (χ4n) is 7.58. The highest BCUT2D eigenvalue weighted by atomic mass is 35.5. The molecule has 0 heterocycles. The van der Waals surface area contributed by atoms with E-state index >= 15 is 0 Å². The largest absolute Gasteiger partial charge is 0.755 e. The van der Waals surface area contributed by atoms with Crippen LogP contribution in [0.2, 0.25) is 5.02 Å². The van der Waals surface area contributed by atoms with E-state index in [-0.39, 0.29) is 29.7 Å². The van der Waals surface area contributed by atoms with Crippen LogP contribution in [0.3, 0.4) is 0 Å². The first-order valence-electron chi connectivity index (χ1n) is 12.0. The second-order valence-corrected chi connectivity index (χ2v) is 11.9. The molecule has 4 bridgehead atoms. The Labute approximate surface area is 202 Å². The lowest BCUT2D eigenvalue weighted by Gasteiger charge is -2.59. The number of nitrogens with two attached hydrogens (primary N) is 1. The Bertz CT molecular complexity index is 966. The van der Waals surface area contributed by atoms with Crippen molar-refractivity contribution in [3.63, 3.8) is 0 Å². The molecule has 180 valence electrons. The van der Waals surface area contributed by atoms with Gasteiger partial charge in [0.15, 0.2) is 0 Å². The van der Waals surface area contributed by atoms with Crippen LogP contribution in [0.5, 0.6) is 0 Å². The number of nitrogens with one attached hydrogen (secondary N) is 1. The van der Waals surface area contributed by atoms with Crippen LogP contribution >= 0.6 is 11.6 Å². The highest BCUT2D eigenvalue weighted by molar-refractivity contribution is 7.80. The molecule has 0 saturated heterocycles. The molecule has 1 aromatic carbocycles. The molecule has 7 nitrogen and oxygen atoms in total. The zero-order chi connectivity index (χ0) is 23.4. The molecule has 3 atom stereocenters. The Balaban J connectivity index is 1.46. The number of para-hydroxylation sites is 1. The monoisotopic (exact) mass is 492 g/mol. The molecular formula is C24H31ClN3O4S-. The molecule has 5 aliphatic rings. The molecule has 5 saturated carbocycles. The minimum absolute atomic E-state index is 0.0477. The number of anilines is 1. The summed E-state index contributed by atoms with van der Waals surface area (Å²) < 4.78 is 26.3. The fraction of sp³-hybridized carbons (Fsp3) is 0.667. The third kappa shape index (κ3) is 3.78. The Morgan fingerprint density at radius 3 is 2.30 bits per heavy atom. The van der Waals surface area contributed by atoms with Crippen LogP contribution in [0, 0.1) is 23.2 Å². The predicted octanol–water partition coefficient (Wildman–Crippen LogP) is 3.44. The molecule has 0 spiro atoms. The van der Waals surface area contributed by atoms with E-state index in [1.165, 1.54) is 4.31 Å². The number of benzene rings is 1. The van der Waals surface area contributed by atoms with Gasteiger partial charge in [-0.3, -0.25) is 18.1 Å². The predicted molar refractivity (Wildman–Crippen MR) is 126 cm³/mol. The van der Waals surface area contributed by atoms with E-state index in [4.69, 9.17) is 17.3 Å². The van der Waals surface area contributed by atoms with Gasteiger partial charge in [-0.25, -0.2) is 0 Å². The molecule has 5 aliphatic carbocycles. The zero-order valence-corrected chi connectivity index (χ0v) is 20.2. The molecule has 2 amide bonds. The van der Waals surface area contributed by atoms with E-state index in [1.807, 2.05) is 0 Å². The van der Waals surface area contributed by atoms with Gasteiger partial charge in [-0.05, 0) is 74.8 Å². The molecule has 3 unspecified atom stereocenters. The first-order valence-corrected chi connectivity index (χ1v) is 13.4. The summed E-state index contributed by atoms with van der Waals surface area (Å²) in [5.41, 5.74) is 4.52. The standard InChI is InChI=1S/C24H32ClN3O4S/c25-18-6-2-3-7-19(18)28(33(31)32)24(8-4-1-5-9-24)22(30)27-20-16-10-15-11-17(20)14-23(12-15,13-16)21(26)29/h2-3,6-7,15-17,20H,1,4-5,8-14H2,(H2,26,29)(H,27,30)(H,31,32)/p-1. The Kier molecular flexibility index (Phi) is 5.98.